The maximum atomic E-state index is 13.8. The standard InChI is InChI=1S/C17H19ClF2N2O2/c1-17(2)10-23-12(9-24-17)8-22-7-11(19)3-4-15(22)13-5-16(20)21-6-14(13)18/h3-6,12H,7-10H2,1-2H3. The van der Waals surface area contributed by atoms with Crippen molar-refractivity contribution in [2.24, 2.45) is 0 Å². The van der Waals surface area contributed by atoms with Crippen LogP contribution >= 0.6 is 11.6 Å². The van der Waals surface area contributed by atoms with Gasteiger partial charge in [0.2, 0.25) is 5.95 Å². The SMILES string of the molecule is CC1(C)COC(CN2CC(F)=CC=C2c2cc(F)ncc2Cl)CO1. The Bertz CT molecular complexity index is 681. The fourth-order valence-corrected chi connectivity index (χ4v) is 2.91. The number of hydrogen-bond acceptors (Lipinski definition) is 4. The highest BCUT2D eigenvalue weighted by atomic mass is 35.5. The zero-order chi connectivity index (χ0) is 17.3. The summed E-state index contributed by atoms with van der Waals surface area (Å²) in [5.74, 6) is -0.911. The Balaban J connectivity index is 1.80. The van der Waals surface area contributed by atoms with Crippen molar-refractivity contribution >= 4 is 17.3 Å². The number of ether oxygens (including phenoxy) is 2. The van der Waals surface area contributed by atoms with E-state index in [4.69, 9.17) is 21.1 Å². The Morgan fingerprint density at radius 1 is 1.38 bits per heavy atom. The molecule has 1 atom stereocenters. The number of halogens is 3. The molecule has 3 rings (SSSR count). The largest absolute Gasteiger partial charge is 0.371 e. The van der Waals surface area contributed by atoms with E-state index in [2.05, 4.69) is 4.98 Å². The summed E-state index contributed by atoms with van der Waals surface area (Å²) in [6.45, 7) is 5.29. The second-order valence-electron chi connectivity index (χ2n) is 6.54. The lowest BCUT2D eigenvalue weighted by atomic mass is 10.1. The first kappa shape index (κ1) is 17.3. The summed E-state index contributed by atoms with van der Waals surface area (Å²) >= 11 is 6.14. The lowest BCUT2D eigenvalue weighted by molar-refractivity contribution is -0.176. The quantitative estimate of drug-likeness (QED) is 0.775. The summed E-state index contributed by atoms with van der Waals surface area (Å²) in [6, 6.07) is 1.25. The molecule has 0 radical (unpaired) electrons. The second-order valence-corrected chi connectivity index (χ2v) is 6.94. The number of hydrogen-bond donors (Lipinski definition) is 0. The van der Waals surface area contributed by atoms with Crippen LogP contribution in [0.2, 0.25) is 5.02 Å². The van der Waals surface area contributed by atoms with E-state index in [0.29, 0.717) is 36.0 Å². The first-order valence-electron chi connectivity index (χ1n) is 7.72. The van der Waals surface area contributed by atoms with Crippen LogP contribution in [0.15, 0.2) is 30.2 Å². The van der Waals surface area contributed by atoms with E-state index in [0.717, 1.165) is 0 Å². The molecule has 0 spiro atoms. The molecule has 1 fully saturated rings. The van der Waals surface area contributed by atoms with Gasteiger partial charge in [-0.05, 0) is 26.0 Å². The van der Waals surface area contributed by atoms with Gasteiger partial charge in [-0.15, -0.1) is 0 Å². The molecule has 1 aromatic rings. The van der Waals surface area contributed by atoms with E-state index >= 15 is 0 Å². The van der Waals surface area contributed by atoms with Gasteiger partial charge in [0.05, 0.1) is 36.5 Å². The summed E-state index contributed by atoms with van der Waals surface area (Å²) in [5, 5.41) is 0.310. The van der Waals surface area contributed by atoms with Crippen molar-refractivity contribution in [3.63, 3.8) is 0 Å². The molecule has 24 heavy (non-hydrogen) atoms. The van der Waals surface area contributed by atoms with E-state index < -0.39 is 5.95 Å². The van der Waals surface area contributed by atoms with Crippen molar-refractivity contribution in [1.29, 1.82) is 0 Å². The third-order valence-corrected chi connectivity index (χ3v) is 4.25. The second kappa shape index (κ2) is 6.78. The summed E-state index contributed by atoms with van der Waals surface area (Å²) in [7, 11) is 0. The van der Waals surface area contributed by atoms with Crippen LogP contribution in [0.1, 0.15) is 19.4 Å². The minimum absolute atomic E-state index is 0.0787. The minimum Gasteiger partial charge on any atom is -0.371 e. The first-order valence-corrected chi connectivity index (χ1v) is 8.10. The summed E-state index contributed by atoms with van der Waals surface area (Å²) in [4.78, 5) is 5.31. The summed E-state index contributed by atoms with van der Waals surface area (Å²) < 4.78 is 38.8. The molecule has 2 aliphatic heterocycles. The Morgan fingerprint density at radius 2 is 2.17 bits per heavy atom. The van der Waals surface area contributed by atoms with E-state index in [1.165, 1.54) is 18.3 Å². The molecule has 3 heterocycles. The van der Waals surface area contributed by atoms with Crippen molar-refractivity contribution in [2.45, 2.75) is 25.6 Å². The van der Waals surface area contributed by atoms with E-state index in [-0.39, 0.29) is 24.1 Å². The molecule has 1 unspecified atom stereocenters. The van der Waals surface area contributed by atoms with Crippen molar-refractivity contribution in [3.8, 4) is 0 Å². The average molecular weight is 357 g/mol. The molecule has 7 heteroatoms. The lowest BCUT2D eigenvalue weighted by Crippen LogP contribution is -2.47. The van der Waals surface area contributed by atoms with Crippen LogP contribution in [0.4, 0.5) is 8.78 Å². The molecule has 4 nitrogen and oxygen atoms in total. The van der Waals surface area contributed by atoms with Gasteiger partial charge in [-0.3, -0.25) is 0 Å². The van der Waals surface area contributed by atoms with Gasteiger partial charge >= 0.3 is 0 Å². The first-order chi connectivity index (χ1) is 11.3. The fraction of sp³-hybridized carbons (Fsp3) is 0.471. The Labute approximate surface area is 144 Å². The fourth-order valence-electron chi connectivity index (χ4n) is 2.71. The number of aromatic nitrogens is 1. The molecular weight excluding hydrogens is 338 g/mol. The molecule has 0 aliphatic carbocycles. The highest BCUT2D eigenvalue weighted by Gasteiger charge is 2.31. The maximum Gasteiger partial charge on any atom is 0.213 e. The molecule has 0 N–H and O–H groups in total. The summed E-state index contributed by atoms with van der Waals surface area (Å²) in [6.07, 6.45) is 4.01. The molecule has 0 bridgehead atoms. The topological polar surface area (TPSA) is 34.6 Å². The predicted octanol–water partition coefficient (Wildman–Crippen LogP) is 3.58. The zero-order valence-electron chi connectivity index (χ0n) is 13.6. The van der Waals surface area contributed by atoms with Gasteiger partial charge in [0, 0.05) is 30.1 Å². The number of allylic oxidation sites excluding steroid dienone is 2. The molecule has 130 valence electrons. The van der Waals surface area contributed by atoms with Gasteiger partial charge in [0.25, 0.3) is 0 Å². The molecule has 0 amide bonds. The monoisotopic (exact) mass is 356 g/mol. The van der Waals surface area contributed by atoms with Gasteiger partial charge in [-0.25, -0.2) is 9.37 Å². The minimum atomic E-state index is -0.635. The highest BCUT2D eigenvalue weighted by molar-refractivity contribution is 6.32. The van der Waals surface area contributed by atoms with Gasteiger partial charge in [-0.1, -0.05) is 11.6 Å². The average Bonchev–Trinajstić information content (AvgIpc) is 2.52. The van der Waals surface area contributed by atoms with Crippen molar-refractivity contribution in [3.05, 3.63) is 46.8 Å². The third-order valence-electron chi connectivity index (χ3n) is 3.95. The number of pyridine rings is 1. The third kappa shape index (κ3) is 3.94. The Morgan fingerprint density at radius 3 is 2.88 bits per heavy atom. The van der Waals surface area contributed by atoms with E-state index in [1.54, 1.807) is 11.0 Å². The molecule has 1 aromatic heterocycles. The van der Waals surface area contributed by atoms with Gasteiger partial charge in [-0.2, -0.15) is 4.39 Å². The zero-order valence-corrected chi connectivity index (χ0v) is 14.3. The van der Waals surface area contributed by atoms with Crippen LogP contribution in [0.25, 0.3) is 5.70 Å². The van der Waals surface area contributed by atoms with Crippen LogP contribution in [0, 0.1) is 5.95 Å². The molecule has 1 saturated heterocycles. The molecular formula is C17H19ClF2N2O2. The predicted molar refractivity (Wildman–Crippen MR) is 87.7 cm³/mol. The van der Waals surface area contributed by atoms with Crippen LogP contribution in [0.5, 0.6) is 0 Å². The summed E-state index contributed by atoms with van der Waals surface area (Å²) in [5.41, 5.74) is 0.792. The van der Waals surface area contributed by atoms with Crippen molar-refractivity contribution in [2.75, 3.05) is 26.3 Å². The van der Waals surface area contributed by atoms with Crippen LogP contribution in [-0.2, 0) is 9.47 Å². The highest BCUT2D eigenvalue weighted by Crippen LogP contribution is 2.31. The Kier molecular flexibility index (Phi) is 4.90. The maximum absolute atomic E-state index is 13.8. The van der Waals surface area contributed by atoms with Crippen molar-refractivity contribution < 1.29 is 18.3 Å². The van der Waals surface area contributed by atoms with Crippen LogP contribution < -0.4 is 0 Å². The lowest BCUT2D eigenvalue weighted by Gasteiger charge is -2.38. The van der Waals surface area contributed by atoms with Crippen LogP contribution in [0.3, 0.4) is 0 Å². The molecule has 0 saturated carbocycles. The molecule has 0 aromatic carbocycles. The van der Waals surface area contributed by atoms with Crippen molar-refractivity contribution in [1.82, 2.24) is 9.88 Å². The van der Waals surface area contributed by atoms with Gasteiger partial charge in [0.15, 0.2) is 0 Å². The van der Waals surface area contributed by atoms with Gasteiger partial charge in [0.1, 0.15) is 5.83 Å². The normalized spacial score (nSPS) is 23.7. The Hall–Kier alpha value is -1.50. The number of nitrogens with zero attached hydrogens (tertiary/aromatic N) is 2. The van der Waals surface area contributed by atoms with Crippen LogP contribution in [-0.4, -0.2) is 47.9 Å². The molecule has 2 aliphatic rings. The van der Waals surface area contributed by atoms with Gasteiger partial charge < -0.3 is 14.4 Å². The van der Waals surface area contributed by atoms with E-state index in [9.17, 15) is 8.78 Å². The van der Waals surface area contributed by atoms with E-state index in [1.807, 2.05) is 13.8 Å². The smallest absolute Gasteiger partial charge is 0.213 e. The number of rotatable bonds is 3.